The number of pyridine rings is 1. The molecule has 2 aromatic rings. The van der Waals surface area contributed by atoms with E-state index < -0.39 is 0 Å². The van der Waals surface area contributed by atoms with Gasteiger partial charge in [-0.25, -0.2) is 9.37 Å². The van der Waals surface area contributed by atoms with E-state index in [-0.39, 0.29) is 24.1 Å². The molecule has 0 fully saturated rings. The van der Waals surface area contributed by atoms with E-state index in [2.05, 4.69) is 10.1 Å². The van der Waals surface area contributed by atoms with E-state index in [4.69, 9.17) is 15.7 Å². The minimum atomic E-state index is -0.338. The van der Waals surface area contributed by atoms with Crippen LogP contribution < -0.4 is 10.5 Å². The van der Waals surface area contributed by atoms with Crippen LogP contribution in [0.3, 0.4) is 0 Å². The molecule has 0 atom stereocenters. The molecule has 0 aliphatic carbocycles. The van der Waals surface area contributed by atoms with Crippen LogP contribution in [0.15, 0.2) is 47.8 Å². The standard InChI is InChI=1S/C13H12FN3O2/c14-11-4-2-1-3-10(11)8-19-12-7-9(5-6-16-12)13(15)17-18/h1-7,18H,8H2,(H2,15,17). The van der Waals surface area contributed by atoms with Crippen LogP contribution in [0.1, 0.15) is 11.1 Å². The Morgan fingerprint density at radius 2 is 2.16 bits per heavy atom. The predicted molar refractivity (Wildman–Crippen MR) is 67.5 cm³/mol. The number of nitrogens with two attached hydrogens (primary N) is 1. The maximum absolute atomic E-state index is 13.4. The van der Waals surface area contributed by atoms with Gasteiger partial charge in [0.2, 0.25) is 5.88 Å². The summed E-state index contributed by atoms with van der Waals surface area (Å²) < 4.78 is 18.7. The van der Waals surface area contributed by atoms with Crippen molar-refractivity contribution in [3.8, 4) is 5.88 Å². The third-order valence-corrected chi connectivity index (χ3v) is 2.47. The second kappa shape index (κ2) is 5.81. The molecule has 1 heterocycles. The molecule has 98 valence electrons. The van der Waals surface area contributed by atoms with E-state index in [9.17, 15) is 4.39 Å². The third kappa shape index (κ3) is 3.19. The Morgan fingerprint density at radius 3 is 2.89 bits per heavy atom. The van der Waals surface area contributed by atoms with Crippen molar-refractivity contribution in [2.24, 2.45) is 10.9 Å². The fraction of sp³-hybridized carbons (Fsp3) is 0.0769. The number of aromatic nitrogens is 1. The normalized spacial score (nSPS) is 11.3. The van der Waals surface area contributed by atoms with Crippen LogP contribution in [0.25, 0.3) is 0 Å². The summed E-state index contributed by atoms with van der Waals surface area (Å²) in [6.07, 6.45) is 1.46. The average molecular weight is 261 g/mol. The van der Waals surface area contributed by atoms with Crippen LogP contribution in [0, 0.1) is 5.82 Å². The molecule has 6 heteroatoms. The van der Waals surface area contributed by atoms with Crippen molar-refractivity contribution in [3.05, 3.63) is 59.5 Å². The molecule has 5 nitrogen and oxygen atoms in total. The van der Waals surface area contributed by atoms with Crippen LogP contribution in [0.4, 0.5) is 4.39 Å². The highest BCUT2D eigenvalue weighted by molar-refractivity contribution is 5.97. The molecule has 2 rings (SSSR count). The molecule has 0 saturated carbocycles. The van der Waals surface area contributed by atoms with Gasteiger partial charge in [-0.15, -0.1) is 0 Å². The Labute approximate surface area is 109 Å². The molecule has 0 amide bonds. The highest BCUT2D eigenvalue weighted by Crippen LogP contribution is 2.13. The number of ether oxygens (including phenoxy) is 1. The van der Waals surface area contributed by atoms with Crippen molar-refractivity contribution in [1.82, 2.24) is 4.98 Å². The highest BCUT2D eigenvalue weighted by Gasteiger charge is 2.05. The summed E-state index contributed by atoms with van der Waals surface area (Å²) in [5, 5.41) is 11.5. The lowest BCUT2D eigenvalue weighted by molar-refractivity contribution is 0.288. The lowest BCUT2D eigenvalue weighted by Crippen LogP contribution is -2.13. The first-order chi connectivity index (χ1) is 9.20. The molecule has 0 bridgehead atoms. The van der Waals surface area contributed by atoms with Gasteiger partial charge in [-0.1, -0.05) is 23.4 Å². The summed E-state index contributed by atoms with van der Waals surface area (Å²) in [4.78, 5) is 3.96. The van der Waals surface area contributed by atoms with Crippen molar-refractivity contribution in [2.75, 3.05) is 0 Å². The summed E-state index contributed by atoms with van der Waals surface area (Å²) in [7, 11) is 0. The van der Waals surface area contributed by atoms with Gasteiger partial charge in [0.1, 0.15) is 12.4 Å². The van der Waals surface area contributed by atoms with Crippen LogP contribution in [0.5, 0.6) is 5.88 Å². The van der Waals surface area contributed by atoms with Gasteiger partial charge in [-0.3, -0.25) is 0 Å². The zero-order valence-electron chi connectivity index (χ0n) is 9.95. The Morgan fingerprint density at radius 1 is 1.37 bits per heavy atom. The van der Waals surface area contributed by atoms with E-state index in [0.29, 0.717) is 11.1 Å². The topological polar surface area (TPSA) is 80.7 Å². The molecule has 1 aromatic heterocycles. The fourth-order valence-corrected chi connectivity index (χ4v) is 1.47. The monoisotopic (exact) mass is 261 g/mol. The molecule has 0 saturated heterocycles. The lowest BCUT2D eigenvalue weighted by Gasteiger charge is -2.07. The van der Waals surface area contributed by atoms with Gasteiger partial charge in [0.05, 0.1) is 0 Å². The number of rotatable bonds is 4. The molecule has 1 aromatic carbocycles. The molecule has 0 aliphatic rings. The minimum Gasteiger partial charge on any atom is -0.473 e. The zero-order valence-corrected chi connectivity index (χ0v) is 9.95. The quantitative estimate of drug-likeness (QED) is 0.381. The van der Waals surface area contributed by atoms with Crippen LogP contribution in [-0.4, -0.2) is 16.0 Å². The van der Waals surface area contributed by atoms with Gasteiger partial charge >= 0.3 is 0 Å². The van der Waals surface area contributed by atoms with Gasteiger partial charge < -0.3 is 15.7 Å². The number of nitrogens with zero attached hydrogens (tertiary/aromatic N) is 2. The summed E-state index contributed by atoms with van der Waals surface area (Å²) in [6.45, 7) is 0.0549. The first kappa shape index (κ1) is 12.8. The molecular formula is C13H12FN3O2. The minimum absolute atomic E-state index is 0.0434. The summed E-state index contributed by atoms with van der Waals surface area (Å²) in [5.41, 5.74) is 6.35. The predicted octanol–water partition coefficient (Wildman–Crippen LogP) is 1.89. The Balaban J connectivity index is 2.10. The fourth-order valence-electron chi connectivity index (χ4n) is 1.47. The molecule has 3 N–H and O–H groups in total. The van der Waals surface area contributed by atoms with Crippen molar-refractivity contribution >= 4 is 5.84 Å². The van der Waals surface area contributed by atoms with Crippen molar-refractivity contribution in [1.29, 1.82) is 0 Å². The number of hydrogen-bond donors (Lipinski definition) is 2. The Hall–Kier alpha value is -2.63. The second-order valence-electron chi connectivity index (χ2n) is 3.75. The SMILES string of the molecule is NC(=NO)c1ccnc(OCc2ccccc2F)c1. The molecular weight excluding hydrogens is 249 g/mol. The van der Waals surface area contributed by atoms with Gasteiger partial charge in [-0.2, -0.15) is 0 Å². The van der Waals surface area contributed by atoms with E-state index in [1.807, 2.05) is 0 Å². The van der Waals surface area contributed by atoms with Crippen LogP contribution >= 0.6 is 0 Å². The number of halogens is 1. The summed E-state index contributed by atoms with van der Waals surface area (Å²) >= 11 is 0. The maximum atomic E-state index is 13.4. The van der Waals surface area contributed by atoms with E-state index in [0.717, 1.165) is 0 Å². The Kier molecular flexibility index (Phi) is 3.92. The van der Waals surface area contributed by atoms with E-state index in [1.54, 1.807) is 24.3 Å². The number of oxime groups is 1. The van der Waals surface area contributed by atoms with Crippen molar-refractivity contribution in [3.63, 3.8) is 0 Å². The first-order valence-electron chi connectivity index (χ1n) is 5.51. The highest BCUT2D eigenvalue weighted by atomic mass is 19.1. The number of amidine groups is 1. The third-order valence-electron chi connectivity index (χ3n) is 2.47. The zero-order chi connectivity index (χ0) is 13.7. The average Bonchev–Trinajstić information content (AvgIpc) is 2.46. The Bertz CT molecular complexity index is 602. The van der Waals surface area contributed by atoms with Crippen molar-refractivity contribution in [2.45, 2.75) is 6.61 Å². The van der Waals surface area contributed by atoms with Gasteiger partial charge in [0.15, 0.2) is 5.84 Å². The van der Waals surface area contributed by atoms with Gasteiger partial charge in [0, 0.05) is 23.4 Å². The molecule has 0 unspecified atom stereocenters. The summed E-state index contributed by atoms with van der Waals surface area (Å²) in [5.74, 6) is -0.111. The lowest BCUT2D eigenvalue weighted by atomic mass is 10.2. The van der Waals surface area contributed by atoms with Gasteiger partial charge in [0.25, 0.3) is 0 Å². The molecule has 19 heavy (non-hydrogen) atoms. The molecule has 0 radical (unpaired) electrons. The second-order valence-corrected chi connectivity index (χ2v) is 3.75. The van der Waals surface area contributed by atoms with Gasteiger partial charge in [-0.05, 0) is 12.1 Å². The van der Waals surface area contributed by atoms with Crippen LogP contribution in [-0.2, 0) is 6.61 Å². The van der Waals surface area contributed by atoms with Crippen molar-refractivity contribution < 1.29 is 14.3 Å². The van der Waals surface area contributed by atoms with E-state index >= 15 is 0 Å². The molecule has 0 spiro atoms. The largest absolute Gasteiger partial charge is 0.473 e. The number of benzene rings is 1. The maximum Gasteiger partial charge on any atom is 0.214 e. The van der Waals surface area contributed by atoms with E-state index in [1.165, 1.54) is 18.3 Å². The number of hydrogen-bond acceptors (Lipinski definition) is 4. The van der Waals surface area contributed by atoms with Crippen LogP contribution in [0.2, 0.25) is 0 Å². The molecule has 0 aliphatic heterocycles. The smallest absolute Gasteiger partial charge is 0.214 e. The first-order valence-corrected chi connectivity index (χ1v) is 5.51. The summed E-state index contributed by atoms with van der Waals surface area (Å²) in [6, 6.07) is 9.40.